The lowest BCUT2D eigenvalue weighted by Gasteiger charge is -2.13. The van der Waals surface area contributed by atoms with Gasteiger partial charge in [0, 0.05) is 12.8 Å². The highest BCUT2D eigenvalue weighted by atomic mass is 16.5. The minimum absolute atomic E-state index is 0.0940. The molecule has 1 N–H and O–H groups in total. The molecule has 1 rings (SSSR count). The third-order valence-electron chi connectivity index (χ3n) is 2.74. The van der Waals surface area contributed by atoms with Crippen LogP contribution in [0.1, 0.15) is 31.2 Å². The van der Waals surface area contributed by atoms with E-state index in [1.165, 1.54) is 0 Å². The Balaban J connectivity index is 2.72. The molecule has 0 saturated carbocycles. The van der Waals surface area contributed by atoms with Crippen molar-refractivity contribution >= 4 is 5.97 Å². The summed E-state index contributed by atoms with van der Waals surface area (Å²) in [6.45, 7) is 0.749. The quantitative estimate of drug-likeness (QED) is 0.666. The molecule has 0 amide bonds. The maximum Gasteiger partial charge on any atom is 0.307 e. The average molecular weight is 302 g/mol. The van der Waals surface area contributed by atoms with Gasteiger partial charge in [-0.25, -0.2) is 0 Å². The van der Waals surface area contributed by atoms with E-state index < -0.39 is 5.97 Å². The summed E-state index contributed by atoms with van der Waals surface area (Å²) in [7, 11) is 0. The van der Waals surface area contributed by atoms with E-state index in [4.69, 9.17) is 25.1 Å². The Morgan fingerprint density at radius 3 is 2.18 bits per heavy atom. The molecule has 0 atom stereocenters. The first-order chi connectivity index (χ1) is 10.7. The van der Waals surface area contributed by atoms with Gasteiger partial charge in [0.15, 0.2) is 11.5 Å². The fourth-order valence-corrected chi connectivity index (χ4v) is 1.74. The van der Waals surface area contributed by atoms with Gasteiger partial charge in [0.2, 0.25) is 0 Å². The lowest BCUT2D eigenvalue weighted by Crippen LogP contribution is -2.05. The summed E-state index contributed by atoms with van der Waals surface area (Å²) < 4.78 is 11.2. The molecule has 0 aliphatic heterocycles. The van der Waals surface area contributed by atoms with E-state index in [-0.39, 0.29) is 6.42 Å². The van der Waals surface area contributed by atoms with Gasteiger partial charge in [-0.05, 0) is 30.5 Å². The molecular weight excluding hydrogens is 284 g/mol. The minimum atomic E-state index is -0.918. The van der Waals surface area contributed by atoms with Crippen LogP contribution in [0.4, 0.5) is 0 Å². The summed E-state index contributed by atoms with van der Waals surface area (Å²) >= 11 is 0. The van der Waals surface area contributed by atoms with Gasteiger partial charge in [0.05, 0.1) is 31.8 Å². The number of aliphatic carboxylic acids is 1. The highest BCUT2D eigenvalue weighted by Crippen LogP contribution is 2.29. The van der Waals surface area contributed by atoms with Gasteiger partial charge in [-0.1, -0.05) is 6.07 Å². The third kappa shape index (κ3) is 6.62. The maximum absolute atomic E-state index is 10.8. The fourth-order valence-electron chi connectivity index (χ4n) is 1.74. The topological polar surface area (TPSA) is 103 Å². The molecule has 6 nitrogen and oxygen atoms in total. The summed E-state index contributed by atoms with van der Waals surface area (Å²) in [4.78, 5) is 10.8. The Hall–Kier alpha value is -2.73. The van der Waals surface area contributed by atoms with Crippen molar-refractivity contribution in [3.8, 4) is 23.6 Å². The minimum Gasteiger partial charge on any atom is -0.490 e. The number of ether oxygens (including phenoxy) is 2. The van der Waals surface area contributed by atoms with Crippen molar-refractivity contribution in [3.63, 3.8) is 0 Å². The van der Waals surface area contributed by atoms with Crippen LogP contribution in [-0.2, 0) is 11.2 Å². The average Bonchev–Trinajstić information content (AvgIpc) is 2.49. The molecule has 6 heteroatoms. The molecule has 0 aliphatic carbocycles. The normalized spacial score (nSPS) is 9.55. The highest BCUT2D eigenvalue weighted by Gasteiger charge is 2.09. The summed E-state index contributed by atoms with van der Waals surface area (Å²) in [5.41, 5.74) is 0.618. The van der Waals surface area contributed by atoms with Gasteiger partial charge >= 0.3 is 5.97 Å². The zero-order chi connectivity index (χ0) is 16.2. The Morgan fingerprint density at radius 2 is 1.64 bits per heavy atom. The second-order valence-electron chi connectivity index (χ2n) is 4.57. The Bertz CT molecular complexity index is 572. The monoisotopic (exact) mass is 302 g/mol. The van der Waals surface area contributed by atoms with Gasteiger partial charge in [-0.2, -0.15) is 10.5 Å². The molecular formula is C16H18N2O4. The van der Waals surface area contributed by atoms with Crippen LogP contribution in [-0.4, -0.2) is 24.3 Å². The third-order valence-corrected chi connectivity index (χ3v) is 2.74. The van der Waals surface area contributed by atoms with E-state index in [0.29, 0.717) is 56.0 Å². The van der Waals surface area contributed by atoms with E-state index in [1.54, 1.807) is 18.2 Å². The molecule has 0 spiro atoms. The predicted octanol–water partition coefficient (Wildman–Crippen LogP) is 2.68. The van der Waals surface area contributed by atoms with Crippen molar-refractivity contribution in [2.45, 2.75) is 32.1 Å². The number of unbranched alkanes of at least 4 members (excludes halogenated alkanes) is 2. The molecule has 0 unspecified atom stereocenters. The van der Waals surface area contributed by atoms with Crippen molar-refractivity contribution < 1.29 is 19.4 Å². The standard InChI is InChI=1S/C16H18N2O4/c17-7-1-3-9-21-14-6-5-13(12-16(19)20)11-15(14)22-10-4-2-8-18/h5-6,11H,1-4,9-10,12H2,(H,19,20). The lowest BCUT2D eigenvalue weighted by molar-refractivity contribution is -0.136. The number of hydrogen-bond acceptors (Lipinski definition) is 5. The fraction of sp³-hybridized carbons (Fsp3) is 0.438. The number of hydrogen-bond donors (Lipinski definition) is 1. The van der Waals surface area contributed by atoms with Crippen molar-refractivity contribution in [1.82, 2.24) is 0 Å². The first-order valence-electron chi connectivity index (χ1n) is 7.01. The molecule has 0 aromatic heterocycles. The zero-order valence-electron chi connectivity index (χ0n) is 12.2. The SMILES string of the molecule is N#CCCCOc1ccc(CC(=O)O)cc1OCCCC#N. The number of rotatable bonds is 10. The van der Waals surface area contributed by atoms with Crippen molar-refractivity contribution in [3.05, 3.63) is 23.8 Å². The van der Waals surface area contributed by atoms with E-state index in [1.807, 2.05) is 12.1 Å². The Kier molecular flexibility index (Phi) is 7.92. The zero-order valence-corrected chi connectivity index (χ0v) is 12.2. The number of benzene rings is 1. The molecule has 1 aromatic carbocycles. The van der Waals surface area contributed by atoms with Crippen LogP contribution in [0.15, 0.2) is 18.2 Å². The molecule has 1 aromatic rings. The molecule has 0 bridgehead atoms. The maximum atomic E-state index is 10.8. The van der Waals surface area contributed by atoms with E-state index in [2.05, 4.69) is 0 Å². The van der Waals surface area contributed by atoms with Crippen LogP contribution in [0.3, 0.4) is 0 Å². The summed E-state index contributed by atoms with van der Waals surface area (Å²) in [6, 6.07) is 9.06. The second-order valence-corrected chi connectivity index (χ2v) is 4.57. The van der Waals surface area contributed by atoms with E-state index in [0.717, 1.165) is 0 Å². The molecule has 0 heterocycles. The summed E-state index contributed by atoms with van der Waals surface area (Å²) in [6.07, 6.45) is 1.92. The first kappa shape index (κ1) is 17.3. The van der Waals surface area contributed by atoms with Crippen LogP contribution < -0.4 is 9.47 Å². The molecule has 116 valence electrons. The number of carboxylic acids is 1. The van der Waals surface area contributed by atoms with Crippen molar-refractivity contribution in [2.24, 2.45) is 0 Å². The number of carbonyl (C=O) groups is 1. The van der Waals surface area contributed by atoms with Crippen LogP contribution in [0.25, 0.3) is 0 Å². The molecule has 0 fully saturated rings. The van der Waals surface area contributed by atoms with Gasteiger partial charge in [-0.3, -0.25) is 4.79 Å². The van der Waals surface area contributed by atoms with Crippen LogP contribution in [0.5, 0.6) is 11.5 Å². The smallest absolute Gasteiger partial charge is 0.307 e. The number of carboxylic acid groups (broad SMARTS) is 1. The van der Waals surface area contributed by atoms with Crippen molar-refractivity contribution in [1.29, 1.82) is 10.5 Å². The van der Waals surface area contributed by atoms with Gasteiger partial charge in [0.1, 0.15) is 0 Å². The molecule has 22 heavy (non-hydrogen) atoms. The van der Waals surface area contributed by atoms with Crippen LogP contribution in [0, 0.1) is 22.7 Å². The molecule has 0 radical (unpaired) electrons. The van der Waals surface area contributed by atoms with Crippen LogP contribution in [0.2, 0.25) is 0 Å². The lowest BCUT2D eigenvalue weighted by atomic mass is 10.1. The summed E-state index contributed by atoms with van der Waals surface area (Å²) in [5.74, 6) is 0.0656. The number of nitrogens with zero attached hydrogens (tertiary/aromatic N) is 2. The van der Waals surface area contributed by atoms with E-state index in [9.17, 15) is 4.79 Å². The van der Waals surface area contributed by atoms with E-state index >= 15 is 0 Å². The predicted molar refractivity (Wildman–Crippen MR) is 78.5 cm³/mol. The van der Waals surface area contributed by atoms with Crippen molar-refractivity contribution in [2.75, 3.05) is 13.2 Å². The van der Waals surface area contributed by atoms with Crippen LogP contribution >= 0.6 is 0 Å². The number of nitriles is 2. The highest BCUT2D eigenvalue weighted by molar-refractivity contribution is 5.70. The first-order valence-corrected chi connectivity index (χ1v) is 7.01. The second kappa shape index (κ2) is 10.1. The van der Waals surface area contributed by atoms with Gasteiger partial charge in [0.25, 0.3) is 0 Å². The Morgan fingerprint density at radius 1 is 1.05 bits per heavy atom. The largest absolute Gasteiger partial charge is 0.490 e. The molecule has 0 saturated heterocycles. The summed E-state index contributed by atoms with van der Waals surface area (Å²) in [5, 5.41) is 25.8. The Labute approximate surface area is 129 Å². The van der Waals surface area contributed by atoms with Gasteiger partial charge in [-0.15, -0.1) is 0 Å². The molecule has 0 aliphatic rings. The van der Waals surface area contributed by atoms with Gasteiger partial charge < -0.3 is 14.6 Å².